The van der Waals surface area contributed by atoms with Crippen LogP contribution in [0.5, 0.6) is 0 Å². The standard InChI is InChI=1S/C31H40N2O2S2/c1-20(2)17-28-26(18-35-30(34)33-31(5,6)7)29(23-11-9-21(3)10-12-23)27(22(4)32-28)19-37-25-15-13-24(36-8)14-16-25/h9-16,20H,17-19H2,1-8H3,(H,33,34). The number of amides is 1. The fraction of sp³-hybridized carbons (Fsp3) is 0.419. The number of alkyl carbamates (subject to hydrolysis) is 1. The molecule has 0 aliphatic carbocycles. The first kappa shape index (κ1) is 29.1. The number of aryl methyl sites for hydroxylation is 2. The highest BCUT2D eigenvalue weighted by Gasteiger charge is 2.22. The van der Waals surface area contributed by atoms with Crippen LogP contribution in [0.1, 0.15) is 62.7 Å². The Kier molecular flexibility index (Phi) is 10.1. The van der Waals surface area contributed by atoms with Gasteiger partial charge in [-0.15, -0.1) is 23.5 Å². The SMILES string of the molecule is CSc1ccc(SCc2c(C)nc(CC(C)C)c(COC(=O)NC(C)(C)C)c2-c2ccc(C)cc2)cc1. The number of nitrogens with zero attached hydrogens (tertiary/aromatic N) is 1. The summed E-state index contributed by atoms with van der Waals surface area (Å²) in [6.07, 6.45) is 2.50. The van der Waals surface area contributed by atoms with Gasteiger partial charge < -0.3 is 10.1 Å². The Bertz CT molecular complexity index is 1200. The molecule has 1 aromatic heterocycles. The van der Waals surface area contributed by atoms with Crippen molar-refractivity contribution in [1.82, 2.24) is 10.3 Å². The van der Waals surface area contributed by atoms with Crippen LogP contribution in [0.15, 0.2) is 58.3 Å². The van der Waals surface area contributed by atoms with Gasteiger partial charge in [0.1, 0.15) is 6.61 Å². The lowest BCUT2D eigenvalue weighted by Gasteiger charge is -2.23. The van der Waals surface area contributed by atoms with Gasteiger partial charge in [-0.1, -0.05) is 43.7 Å². The molecule has 37 heavy (non-hydrogen) atoms. The van der Waals surface area contributed by atoms with Crippen molar-refractivity contribution in [3.63, 3.8) is 0 Å². The zero-order valence-electron chi connectivity index (χ0n) is 23.4. The highest BCUT2D eigenvalue weighted by Crippen LogP contribution is 2.37. The van der Waals surface area contributed by atoms with E-state index in [1.54, 1.807) is 11.8 Å². The second kappa shape index (κ2) is 12.9. The van der Waals surface area contributed by atoms with E-state index >= 15 is 0 Å². The van der Waals surface area contributed by atoms with E-state index in [1.807, 2.05) is 32.5 Å². The van der Waals surface area contributed by atoms with Crippen molar-refractivity contribution in [3.8, 4) is 11.1 Å². The number of ether oxygens (including phenoxy) is 1. The molecule has 0 bridgehead atoms. The first-order chi connectivity index (χ1) is 17.5. The largest absolute Gasteiger partial charge is 0.445 e. The molecule has 3 aromatic rings. The fourth-order valence-electron chi connectivity index (χ4n) is 4.11. The van der Waals surface area contributed by atoms with Gasteiger partial charge in [0.25, 0.3) is 0 Å². The first-order valence-electron chi connectivity index (χ1n) is 12.8. The zero-order valence-corrected chi connectivity index (χ0v) is 25.0. The molecule has 6 heteroatoms. The summed E-state index contributed by atoms with van der Waals surface area (Å²) in [6.45, 7) is 14.6. The monoisotopic (exact) mass is 536 g/mol. The maximum Gasteiger partial charge on any atom is 0.407 e. The second-order valence-corrected chi connectivity index (χ2v) is 12.8. The van der Waals surface area contributed by atoms with Crippen molar-refractivity contribution in [2.45, 2.75) is 82.6 Å². The molecule has 0 atom stereocenters. The molecule has 0 unspecified atom stereocenters. The van der Waals surface area contributed by atoms with Crippen LogP contribution in [0.3, 0.4) is 0 Å². The number of hydrogen-bond donors (Lipinski definition) is 1. The minimum absolute atomic E-state index is 0.181. The molecule has 3 rings (SSSR count). The fourth-order valence-corrected chi connectivity index (χ4v) is 5.51. The van der Waals surface area contributed by atoms with Gasteiger partial charge in [-0.3, -0.25) is 4.98 Å². The Hall–Kier alpha value is -2.44. The third-order valence-corrected chi connectivity index (χ3v) is 7.68. The topological polar surface area (TPSA) is 51.2 Å². The molecule has 1 heterocycles. The maximum absolute atomic E-state index is 12.6. The molecule has 0 saturated heterocycles. The number of carbonyl (C=O) groups is 1. The summed E-state index contributed by atoms with van der Waals surface area (Å²) in [5, 5.41) is 2.91. The molecule has 0 spiro atoms. The number of aromatic nitrogens is 1. The van der Waals surface area contributed by atoms with Crippen molar-refractivity contribution in [2.24, 2.45) is 5.92 Å². The van der Waals surface area contributed by atoms with Crippen LogP contribution in [-0.2, 0) is 23.5 Å². The summed E-state index contributed by atoms with van der Waals surface area (Å²) in [7, 11) is 0. The predicted octanol–water partition coefficient (Wildman–Crippen LogP) is 8.60. The van der Waals surface area contributed by atoms with Gasteiger partial charge in [-0.25, -0.2) is 4.79 Å². The number of carbonyl (C=O) groups excluding carboxylic acids is 1. The molecular formula is C31H40N2O2S2. The van der Waals surface area contributed by atoms with Gasteiger partial charge in [0.05, 0.1) is 0 Å². The van der Waals surface area contributed by atoms with E-state index in [-0.39, 0.29) is 12.1 Å². The number of thioether (sulfide) groups is 2. The van der Waals surface area contributed by atoms with Crippen LogP contribution in [0, 0.1) is 19.8 Å². The molecule has 0 aliphatic heterocycles. The van der Waals surface area contributed by atoms with Crippen LogP contribution in [-0.4, -0.2) is 22.9 Å². The van der Waals surface area contributed by atoms with Gasteiger partial charge in [-0.2, -0.15) is 0 Å². The Morgan fingerprint density at radius 2 is 1.59 bits per heavy atom. The minimum Gasteiger partial charge on any atom is -0.445 e. The van der Waals surface area contributed by atoms with E-state index in [0.717, 1.165) is 40.3 Å². The van der Waals surface area contributed by atoms with Gasteiger partial charge in [0.2, 0.25) is 0 Å². The average molecular weight is 537 g/mol. The van der Waals surface area contributed by atoms with Gasteiger partial charge >= 0.3 is 6.09 Å². The van der Waals surface area contributed by atoms with E-state index in [2.05, 4.69) is 87.8 Å². The van der Waals surface area contributed by atoms with Crippen molar-refractivity contribution >= 4 is 29.6 Å². The summed E-state index contributed by atoms with van der Waals surface area (Å²) >= 11 is 3.56. The summed E-state index contributed by atoms with van der Waals surface area (Å²) < 4.78 is 5.80. The van der Waals surface area contributed by atoms with Crippen molar-refractivity contribution in [1.29, 1.82) is 0 Å². The van der Waals surface area contributed by atoms with Gasteiger partial charge in [0, 0.05) is 38.0 Å². The summed E-state index contributed by atoms with van der Waals surface area (Å²) in [4.78, 5) is 20.2. The lowest BCUT2D eigenvalue weighted by atomic mass is 9.90. The minimum atomic E-state index is -0.414. The lowest BCUT2D eigenvalue weighted by Crippen LogP contribution is -2.40. The summed E-state index contributed by atoms with van der Waals surface area (Å²) in [5.74, 6) is 1.21. The Balaban J connectivity index is 2.08. The van der Waals surface area contributed by atoms with Crippen LogP contribution < -0.4 is 5.32 Å². The molecule has 2 aromatic carbocycles. The smallest absolute Gasteiger partial charge is 0.407 e. The summed E-state index contributed by atoms with van der Waals surface area (Å²) in [5.41, 5.74) is 7.34. The normalized spacial score (nSPS) is 11.6. The Labute approximate surface area is 231 Å². The maximum atomic E-state index is 12.6. The molecule has 0 fully saturated rings. The summed E-state index contributed by atoms with van der Waals surface area (Å²) in [6, 6.07) is 17.3. The van der Waals surface area contributed by atoms with Crippen molar-refractivity contribution in [3.05, 3.63) is 76.6 Å². The molecule has 1 amide bonds. The number of benzene rings is 2. The van der Waals surface area contributed by atoms with Gasteiger partial charge in [0.15, 0.2) is 0 Å². The van der Waals surface area contributed by atoms with E-state index in [9.17, 15) is 4.79 Å². The lowest BCUT2D eigenvalue weighted by molar-refractivity contribution is 0.131. The average Bonchev–Trinajstić information content (AvgIpc) is 2.82. The number of hydrogen-bond acceptors (Lipinski definition) is 5. The van der Waals surface area contributed by atoms with Crippen molar-refractivity contribution in [2.75, 3.05) is 6.26 Å². The molecule has 198 valence electrons. The van der Waals surface area contributed by atoms with E-state index < -0.39 is 6.09 Å². The Morgan fingerprint density at radius 1 is 0.973 bits per heavy atom. The third-order valence-electron chi connectivity index (χ3n) is 5.90. The molecule has 1 N–H and O–H groups in total. The van der Waals surface area contributed by atoms with Gasteiger partial charge in [-0.05, 0) is 94.2 Å². The Morgan fingerprint density at radius 3 is 2.16 bits per heavy atom. The quantitative estimate of drug-likeness (QED) is 0.277. The van der Waals surface area contributed by atoms with E-state index in [4.69, 9.17) is 9.72 Å². The highest BCUT2D eigenvalue weighted by molar-refractivity contribution is 7.99. The molecule has 0 aliphatic rings. The second-order valence-electron chi connectivity index (χ2n) is 10.9. The van der Waals surface area contributed by atoms with Crippen LogP contribution in [0.2, 0.25) is 0 Å². The third kappa shape index (κ3) is 8.54. The zero-order chi connectivity index (χ0) is 27.2. The highest BCUT2D eigenvalue weighted by atomic mass is 32.2. The molecule has 0 saturated carbocycles. The van der Waals surface area contributed by atoms with Crippen LogP contribution in [0.25, 0.3) is 11.1 Å². The number of rotatable bonds is 9. The van der Waals surface area contributed by atoms with Crippen LogP contribution >= 0.6 is 23.5 Å². The van der Waals surface area contributed by atoms with E-state index in [0.29, 0.717) is 5.92 Å². The first-order valence-corrected chi connectivity index (χ1v) is 15.0. The number of pyridine rings is 1. The van der Waals surface area contributed by atoms with Crippen molar-refractivity contribution < 1.29 is 9.53 Å². The predicted molar refractivity (Wildman–Crippen MR) is 159 cm³/mol. The number of nitrogens with one attached hydrogen (secondary N) is 1. The van der Waals surface area contributed by atoms with Crippen LogP contribution in [0.4, 0.5) is 4.79 Å². The molecular weight excluding hydrogens is 496 g/mol. The van der Waals surface area contributed by atoms with E-state index in [1.165, 1.54) is 20.9 Å². The molecule has 4 nitrogen and oxygen atoms in total. The molecule has 0 radical (unpaired) electrons.